The van der Waals surface area contributed by atoms with Crippen LogP contribution in [0.4, 0.5) is 11.4 Å². The lowest BCUT2D eigenvalue weighted by Crippen LogP contribution is -2.34. The van der Waals surface area contributed by atoms with Gasteiger partial charge in [-0.2, -0.15) is 0 Å². The predicted molar refractivity (Wildman–Crippen MR) is 130 cm³/mol. The predicted octanol–water partition coefficient (Wildman–Crippen LogP) is 5.52. The summed E-state index contributed by atoms with van der Waals surface area (Å²) in [5.41, 5.74) is 2.88. The topological polar surface area (TPSA) is 43.9 Å². The summed E-state index contributed by atoms with van der Waals surface area (Å²) in [5.74, 6) is -0.106. The molecule has 3 aromatic rings. The highest BCUT2D eigenvalue weighted by Gasteiger charge is 2.56. The van der Waals surface area contributed by atoms with Gasteiger partial charge in [0.1, 0.15) is 5.66 Å². The van der Waals surface area contributed by atoms with Gasteiger partial charge in [-0.1, -0.05) is 73.3 Å². The molecule has 5 nitrogen and oxygen atoms in total. The number of para-hydroxylation sites is 2. The molecule has 2 aliphatic rings. The van der Waals surface area contributed by atoms with E-state index >= 15 is 0 Å². The fourth-order valence-electron chi connectivity index (χ4n) is 4.71. The minimum atomic E-state index is -3.30. The van der Waals surface area contributed by atoms with Crippen molar-refractivity contribution in [3.05, 3.63) is 109 Å². The van der Waals surface area contributed by atoms with Gasteiger partial charge in [0, 0.05) is 36.6 Å². The van der Waals surface area contributed by atoms with Crippen LogP contribution in [-0.2, 0) is 15.9 Å². The molecule has 2 heterocycles. The molecular formula is C26H26N3O2P. The second-order valence-corrected chi connectivity index (χ2v) is 11.0. The van der Waals surface area contributed by atoms with E-state index < -0.39 is 13.1 Å². The second-order valence-electron chi connectivity index (χ2n) is 8.20. The van der Waals surface area contributed by atoms with Gasteiger partial charge in [-0.3, -0.25) is 9.36 Å². The second kappa shape index (κ2) is 8.33. The maximum atomic E-state index is 15.0. The SMILES string of the molecule is C=C1CC(P2(=O)N(c3ccccc3)CCN2c2ccccc2)C(=O)N1Cc1ccccc1. The zero-order chi connectivity index (χ0) is 22.1. The number of carbonyl (C=O) groups excluding carboxylic acids is 1. The molecule has 1 amide bonds. The van der Waals surface area contributed by atoms with Crippen LogP contribution in [0, 0.1) is 0 Å². The lowest BCUT2D eigenvalue weighted by Gasteiger charge is -2.35. The fourth-order valence-corrected chi connectivity index (χ4v) is 8.20. The van der Waals surface area contributed by atoms with Crippen LogP contribution in [0.25, 0.3) is 0 Å². The lowest BCUT2D eigenvalue weighted by atomic mass is 10.2. The van der Waals surface area contributed by atoms with Crippen molar-refractivity contribution in [3.8, 4) is 0 Å². The van der Waals surface area contributed by atoms with Crippen molar-refractivity contribution >= 4 is 24.7 Å². The Kier molecular flexibility index (Phi) is 5.36. The average molecular weight is 443 g/mol. The zero-order valence-corrected chi connectivity index (χ0v) is 18.8. The van der Waals surface area contributed by atoms with Crippen LogP contribution in [0.2, 0.25) is 0 Å². The van der Waals surface area contributed by atoms with Gasteiger partial charge in [-0.05, 0) is 29.8 Å². The molecule has 0 spiro atoms. The van der Waals surface area contributed by atoms with Crippen molar-refractivity contribution in [2.24, 2.45) is 0 Å². The smallest absolute Gasteiger partial charge is 0.275 e. The van der Waals surface area contributed by atoms with Gasteiger partial charge in [0.25, 0.3) is 7.44 Å². The van der Waals surface area contributed by atoms with Crippen molar-refractivity contribution in [1.29, 1.82) is 0 Å². The standard InChI is InChI=1S/C26H26N3O2P/c1-21-19-25(26(30)27(21)20-22-11-5-2-6-12-22)32(31)28(23-13-7-3-8-14-23)17-18-29(32)24-15-9-4-10-16-24/h2-16,25H,1,17-20H2. The summed E-state index contributed by atoms with van der Waals surface area (Å²) in [6.45, 7) is 5.83. The molecule has 162 valence electrons. The molecular weight excluding hydrogens is 417 g/mol. The number of hydrogen-bond donors (Lipinski definition) is 0. The summed E-state index contributed by atoms with van der Waals surface area (Å²) in [6.07, 6.45) is 0.398. The molecule has 0 saturated carbocycles. The zero-order valence-electron chi connectivity index (χ0n) is 17.9. The molecule has 2 aliphatic heterocycles. The Bertz CT molecular complexity index is 1120. The molecule has 1 unspecified atom stereocenters. The molecule has 2 fully saturated rings. The quantitative estimate of drug-likeness (QED) is 0.487. The number of likely N-dealkylation sites (tertiary alicyclic amines) is 1. The number of hydrogen-bond acceptors (Lipinski definition) is 2. The van der Waals surface area contributed by atoms with Crippen molar-refractivity contribution in [1.82, 2.24) is 4.90 Å². The van der Waals surface area contributed by atoms with E-state index in [9.17, 15) is 9.36 Å². The number of rotatable bonds is 5. The van der Waals surface area contributed by atoms with Crippen LogP contribution in [0.15, 0.2) is 103 Å². The van der Waals surface area contributed by atoms with E-state index in [0.29, 0.717) is 26.1 Å². The Balaban J connectivity index is 1.54. The average Bonchev–Trinajstić information content (AvgIpc) is 3.33. The number of allylic oxidation sites excluding steroid dienone is 1. The van der Waals surface area contributed by atoms with Crippen LogP contribution in [0.5, 0.6) is 0 Å². The Morgan fingerprint density at radius 3 is 1.75 bits per heavy atom. The van der Waals surface area contributed by atoms with Crippen LogP contribution >= 0.6 is 7.44 Å². The number of nitrogens with zero attached hydrogens (tertiary/aromatic N) is 3. The van der Waals surface area contributed by atoms with E-state index in [4.69, 9.17) is 0 Å². The number of anilines is 2. The van der Waals surface area contributed by atoms with Gasteiger partial charge in [0.05, 0.1) is 6.54 Å². The van der Waals surface area contributed by atoms with E-state index in [1.54, 1.807) is 4.90 Å². The van der Waals surface area contributed by atoms with Gasteiger partial charge < -0.3 is 14.2 Å². The first kappa shape index (κ1) is 20.6. The summed E-state index contributed by atoms with van der Waals surface area (Å²) in [7, 11) is -3.30. The monoisotopic (exact) mass is 443 g/mol. The van der Waals surface area contributed by atoms with Gasteiger partial charge in [-0.25, -0.2) is 0 Å². The summed E-state index contributed by atoms with van der Waals surface area (Å²) in [6, 6.07) is 29.4. The van der Waals surface area contributed by atoms with Gasteiger partial charge >= 0.3 is 0 Å². The van der Waals surface area contributed by atoms with Crippen LogP contribution < -0.4 is 9.34 Å². The van der Waals surface area contributed by atoms with Gasteiger partial charge in [0.15, 0.2) is 0 Å². The van der Waals surface area contributed by atoms with E-state index in [2.05, 4.69) is 6.58 Å². The van der Waals surface area contributed by atoms with E-state index in [1.807, 2.05) is 100 Å². The highest BCUT2D eigenvalue weighted by molar-refractivity contribution is 7.69. The van der Waals surface area contributed by atoms with Crippen LogP contribution in [0.1, 0.15) is 12.0 Å². The van der Waals surface area contributed by atoms with Gasteiger partial charge in [-0.15, -0.1) is 0 Å². The van der Waals surface area contributed by atoms with Crippen molar-refractivity contribution < 1.29 is 9.36 Å². The third kappa shape index (κ3) is 3.43. The molecule has 3 aromatic carbocycles. The molecule has 0 aromatic heterocycles. The summed E-state index contributed by atoms with van der Waals surface area (Å²) < 4.78 is 18.9. The summed E-state index contributed by atoms with van der Waals surface area (Å²) in [4.78, 5) is 15.4. The molecule has 32 heavy (non-hydrogen) atoms. The highest BCUT2D eigenvalue weighted by atomic mass is 31.2. The molecule has 1 atom stereocenters. The number of carbonyl (C=O) groups is 1. The molecule has 0 N–H and O–H groups in total. The lowest BCUT2D eigenvalue weighted by molar-refractivity contribution is -0.126. The minimum Gasteiger partial charge on any atom is -0.312 e. The highest BCUT2D eigenvalue weighted by Crippen LogP contribution is 2.66. The Hall–Kier alpha value is -3.30. The molecule has 0 bridgehead atoms. The maximum Gasteiger partial charge on any atom is 0.275 e. The van der Waals surface area contributed by atoms with E-state index in [-0.39, 0.29) is 5.91 Å². The van der Waals surface area contributed by atoms with E-state index in [1.165, 1.54) is 0 Å². The number of amides is 1. The Morgan fingerprint density at radius 1 is 0.781 bits per heavy atom. The first-order valence-electron chi connectivity index (χ1n) is 10.9. The maximum absolute atomic E-state index is 15.0. The van der Waals surface area contributed by atoms with Crippen LogP contribution in [-0.4, -0.2) is 29.6 Å². The van der Waals surface area contributed by atoms with E-state index in [0.717, 1.165) is 22.6 Å². The third-order valence-electron chi connectivity index (χ3n) is 6.28. The van der Waals surface area contributed by atoms with Crippen molar-refractivity contribution in [3.63, 3.8) is 0 Å². The largest absolute Gasteiger partial charge is 0.312 e. The first-order chi connectivity index (χ1) is 15.6. The van der Waals surface area contributed by atoms with Gasteiger partial charge in [0.2, 0.25) is 5.91 Å². The normalized spacial score (nSPS) is 20.2. The molecule has 6 heteroatoms. The van der Waals surface area contributed by atoms with Crippen LogP contribution in [0.3, 0.4) is 0 Å². The summed E-state index contributed by atoms with van der Waals surface area (Å²) >= 11 is 0. The molecule has 2 saturated heterocycles. The Labute approximate surface area is 189 Å². The summed E-state index contributed by atoms with van der Waals surface area (Å²) in [5, 5.41) is 0. The molecule has 0 radical (unpaired) electrons. The fraction of sp³-hybridized carbons (Fsp3) is 0.192. The minimum absolute atomic E-state index is 0.106. The first-order valence-corrected chi connectivity index (χ1v) is 12.6. The van der Waals surface area contributed by atoms with Crippen molar-refractivity contribution in [2.75, 3.05) is 22.4 Å². The number of benzene rings is 3. The van der Waals surface area contributed by atoms with Crippen molar-refractivity contribution in [2.45, 2.75) is 18.6 Å². The molecule has 5 rings (SSSR count). The third-order valence-corrected chi connectivity index (χ3v) is 9.74. The Morgan fingerprint density at radius 2 is 1.25 bits per heavy atom. The molecule has 0 aliphatic carbocycles.